The lowest BCUT2D eigenvalue weighted by Crippen LogP contribution is -2.37. The second kappa shape index (κ2) is 5.64. The fourth-order valence-electron chi connectivity index (χ4n) is 2.66. The molecule has 0 aromatic carbocycles. The largest absolute Gasteiger partial charge is 0.434 e. The van der Waals surface area contributed by atoms with Crippen LogP contribution in [0.5, 0.6) is 0 Å². The molecule has 1 aliphatic rings. The van der Waals surface area contributed by atoms with Gasteiger partial charge in [0, 0.05) is 5.38 Å². The minimum atomic E-state index is -4.33. The van der Waals surface area contributed by atoms with Crippen LogP contribution in [-0.2, 0) is 12.7 Å². The van der Waals surface area contributed by atoms with E-state index in [1.807, 2.05) is 0 Å². The van der Waals surface area contributed by atoms with Crippen molar-refractivity contribution in [1.82, 2.24) is 9.88 Å². The van der Waals surface area contributed by atoms with Gasteiger partial charge in [-0.1, -0.05) is 20.8 Å². The Morgan fingerprint density at radius 3 is 2.30 bits per heavy atom. The molecule has 114 valence electrons. The Morgan fingerprint density at radius 1 is 1.25 bits per heavy atom. The molecule has 0 N–H and O–H groups in total. The van der Waals surface area contributed by atoms with E-state index in [4.69, 9.17) is 0 Å². The van der Waals surface area contributed by atoms with E-state index in [9.17, 15) is 13.2 Å². The van der Waals surface area contributed by atoms with Crippen molar-refractivity contribution in [3.8, 4) is 0 Å². The topological polar surface area (TPSA) is 16.1 Å². The third kappa shape index (κ3) is 3.95. The molecule has 6 heteroatoms. The fourth-order valence-corrected chi connectivity index (χ4v) is 3.50. The molecule has 0 bridgehead atoms. The van der Waals surface area contributed by atoms with E-state index < -0.39 is 11.9 Å². The molecular weight excluding hydrogens is 285 g/mol. The number of hydrogen-bond acceptors (Lipinski definition) is 3. The SMILES string of the molecule is CC(C)(C)C1CCN(Cc2nc(C(F)(F)F)cs2)CC1. The summed E-state index contributed by atoms with van der Waals surface area (Å²) in [5.74, 6) is 0.695. The first-order valence-electron chi connectivity index (χ1n) is 6.90. The van der Waals surface area contributed by atoms with Crippen molar-refractivity contribution in [2.24, 2.45) is 11.3 Å². The van der Waals surface area contributed by atoms with E-state index in [0.717, 1.165) is 42.6 Å². The van der Waals surface area contributed by atoms with Gasteiger partial charge in [0.15, 0.2) is 5.69 Å². The van der Waals surface area contributed by atoms with Crippen molar-refractivity contribution in [1.29, 1.82) is 0 Å². The third-order valence-corrected chi connectivity index (χ3v) is 4.85. The van der Waals surface area contributed by atoms with Crippen LogP contribution in [0.4, 0.5) is 13.2 Å². The average molecular weight is 306 g/mol. The Hall–Kier alpha value is -0.620. The number of thiazole rings is 1. The normalized spacial score (nSPS) is 19.5. The van der Waals surface area contributed by atoms with E-state index in [1.165, 1.54) is 0 Å². The number of halogens is 3. The number of likely N-dealkylation sites (tertiary alicyclic amines) is 1. The molecule has 1 aromatic rings. The van der Waals surface area contributed by atoms with Crippen LogP contribution in [0.25, 0.3) is 0 Å². The third-order valence-electron chi connectivity index (χ3n) is 4.01. The number of alkyl halides is 3. The molecule has 0 atom stereocenters. The standard InChI is InChI=1S/C14H21F3N2S/c1-13(2,3)10-4-6-19(7-5-10)8-12-18-11(9-20-12)14(15,16)17/h9-10H,4-8H2,1-3H3. The van der Waals surface area contributed by atoms with Gasteiger partial charge in [-0.05, 0) is 37.3 Å². The summed E-state index contributed by atoms with van der Waals surface area (Å²) in [6.07, 6.45) is -2.10. The van der Waals surface area contributed by atoms with E-state index in [2.05, 4.69) is 30.7 Å². The summed E-state index contributed by atoms with van der Waals surface area (Å²) in [4.78, 5) is 5.90. The van der Waals surface area contributed by atoms with Crippen molar-refractivity contribution in [2.45, 2.75) is 46.3 Å². The van der Waals surface area contributed by atoms with Crippen LogP contribution < -0.4 is 0 Å². The minimum Gasteiger partial charge on any atom is -0.297 e. The van der Waals surface area contributed by atoms with Crippen molar-refractivity contribution >= 4 is 11.3 Å². The average Bonchev–Trinajstić information content (AvgIpc) is 2.77. The smallest absolute Gasteiger partial charge is 0.297 e. The van der Waals surface area contributed by atoms with Gasteiger partial charge in [0.05, 0.1) is 6.54 Å². The van der Waals surface area contributed by atoms with Gasteiger partial charge in [-0.15, -0.1) is 11.3 Å². The summed E-state index contributed by atoms with van der Waals surface area (Å²) in [6.45, 7) is 9.20. The van der Waals surface area contributed by atoms with Crippen LogP contribution in [-0.4, -0.2) is 23.0 Å². The van der Waals surface area contributed by atoms with E-state index >= 15 is 0 Å². The van der Waals surface area contributed by atoms with E-state index in [-0.39, 0.29) is 0 Å². The molecule has 0 radical (unpaired) electrons. The first-order chi connectivity index (χ1) is 9.16. The quantitative estimate of drug-likeness (QED) is 0.804. The first-order valence-corrected chi connectivity index (χ1v) is 7.78. The van der Waals surface area contributed by atoms with Crippen molar-refractivity contribution in [3.63, 3.8) is 0 Å². The van der Waals surface area contributed by atoms with Crippen LogP contribution >= 0.6 is 11.3 Å². The van der Waals surface area contributed by atoms with E-state index in [1.54, 1.807) is 0 Å². The zero-order chi connectivity index (χ0) is 15.0. The summed E-state index contributed by atoms with van der Waals surface area (Å²) < 4.78 is 37.5. The molecule has 0 saturated carbocycles. The Kier molecular flexibility index (Phi) is 4.44. The highest BCUT2D eigenvalue weighted by Gasteiger charge is 2.34. The highest BCUT2D eigenvalue weighted by Crippen LogP contribution is 2.35. The highest BCUT2D eigenvalue weighted by molar-refractivity contribution is 7.09. The molecular formula is C14H21F3N2S. The maximum absolute atomic E-state index is 12.5. The molecule has 0 aliphatic carbocycles. The number of aromatic nitrogens is 1. The highest BCUT2D eigenvalue weighted by atomic mass is 32.1. The number of hydrogen-bond donors (Lipinski definition) is 0. The molecule has 1 saturated heterocycles. The van der Waals surface area contributed by atoms with Crippen LogP contribution in [0.2, 0.25) is 0 Å². The first kappa shape index (κ1) is 15.8. The lowest BCUT2D eigenvalue weighted by atomic mass is 9.75. The Bertz CT molecular complexity index is 440. The molecule has 1 fully saturated rings. The molecule has 20 heavy (non-hydrogen) atoms. The monoisotopic (exact) mass is 306 g/mol. The van der Waals surface area contributed by atoms with Gasteiger partial charge >= 0.3 is 6.18 Å². The molecule has 2 rings (SSSR count). The molecule has 2 heterocycles. The van der Waals surface area contributed by atoms with Crippen LogP contribution in [0, 0.1) is 11.3 Å². The van der Waals surface area contributed by atoms with E-state index in [0.29, 0.717) is 22.9 Å². The Labute approximate surface area is 122 Å². The van der Waals surface area contributed by atoms with Gasteiger partial charge in [-0.25, -0.2) is 4.98 Å². The summed E-state index contributed by atoms with van der Waals surface area (Å²) in [5.41, 5.74) is -0.446. The fraction of sp³-hybridized carbons (Fsp3) is 0.786. The summed E-state index contributed by atoms with van der Waals surface area (Å²) in [6, 6.07) is 0. The molecule has 0 unspecified atom stereocenters. The molecule has 1 aliphatic heterocycles. The van der Waals surface area contributed by atoms with Crippen molar-refractivity contribution < 1.29 is 13.2 Å². The summed E-state index contributed by atoms with van der Waals surface area (Å²) >= 11 is 1.10. The second-order valence-electron chi connectivity index (χ2n) is 6.54. The van der Waals surface area contributed by atoms with Crippen molar-refractivity contribution in [3.05, 3.63) is 16.1 Å². The minimum absolute atomic E-state index is 0.316. The molecule has 1 aromatic heterocycles. The zero-order valence-electron chi connectivity index (χ0n) is 12.1. The zero-order valence-corrected chi connectivity index (χ0v) is 12.9. The Balaban J connectivity index is 1.88. The number of nitrogens with zero attached hydrogens (tertiary/aromatic N) is 2. The number of rotatable bonds is 2. The Morgan fingerprint density at radius 2 is 1.85 bits per heavy atom. The lowest BCUT2D eigenvalue weighted by Gasteiger charge is -2.38. The van der Waals surface area contributed by atoms with Gasteiger partial charge in [0.25, 0.3) is 0 Å². The van der Waals surface area contributed by atoms with Crippen molar-refractivity contribution in [2.75, 3.05) is 13.1 Å². The maximum Gasteiger partial charge on any atom is 0.434 e. The molecule has 0 amide bonds. The second-order valence-corrected chi connectivity index (χ2v) is 7.48. The molecule has 2 nitrogen and oxygen atoms in total. The van der Waals surface area contributed by atoms with Crippen LogP contribution in [0.3, 0.4) is 0 Å². The molecule has 0 spiro atoms. The van der Waals surface area contributed by atoms with Gasteiger partial charge < -0.3 is 0 Å². The van der Waals surface area contributed by atoms with Gasteiger partial charge in [-0.2, -0.15) is 13.2 Å². The summed E-state index contributed by atoms with van der Waals surface area (Å²) in [5, 5.41) is 1.67. The lowest BCUT2D eigenvalue weighted by molar-refractivity contribution is -0.140. The van der Waals surface area contributed by atoms with Gasteiger partial charge in [0.2, 0.25) is 0 Å². The van der Waals surface area contributed by atoms with Crippen LogP contribution in [0.15, 0.2) is 5.38 Å². The predicted molar refractivity (Wildman–Crippen MR) is 74.6 cm³/mol. The maximum atomic E-state index is 12.5. The predicted octanol–water partition coefficient (Wildman–Crippen LogP) is 4.42. The summed E-state index contributed by atoms with van der Waals surface area (Å²) in [7, 11) is 0. The number of piperidine rings is 1. The van der Waals surface area contributed by atoms with Gasteiger partial charge in [0.1, 0.15) is 5.01 Å². The van der Waals surface area contributed by atoms with Crippen LogP contribution in [0.1, 0.15) is 44.3 Å². The van der Waals surface area contributed by atoms with Gasteiger partial charge in [-0.3, -0.25) is 4.90 Å².